The van der Waals surface area contributed by atoms with Gasteiger partial charge in [-0.25, -0.2) is 9.78 Å². The van der Waals surface area contributed by atoms with Crippen LogP contribution in [0.2, 0.25) is 0 Å². The molecule has 0 amide bonds. The SMILES string of the molecule is O=C(OCc1cc(-c2ccccc2)on1)c1ccc2cncn2c1. The second-order valence-electron chi connectivity index (χ2n) is 5.27. The van der Waals surface area contributed by atoms with Crippen molar-refractivity contribution < 1.29 is 14.1 Å². The predicted octanol–water partition coefficient (Wildman–Crippen LogP) is 3.35. The van der Waals surface area contributed by atoms with E-state index in [2.05, 4.69) is 10.1 Å². The van der Waals surface area contributed by atoms with E-state index in [1.807, 2.05) is 36.4 Å². The Balaban J connectivity index is 1.45. The van der Waals surface area contributed by atoms with Crippen molar-refractivity contribution in [2.24, 2.45) is 0 Å². The van der Waals surface area contributed by atoms with E-state index in [0.717, 1.165) is 11.1 Å². The zero-order valence-corrected chi connectivity index (χ0v) is 12.6. The van der Waals surface area contributed by atoms with E-state index in [1.54, 1.807) is 35.3 Å². The average molecular weight is 319 g/mol. The second-order valence-corrected chi connectivity index (χ2v) is 5.27. The van der Waals surface area contributed by atoms with Crippen LogP contribution in [0.3, 0.4) is 0 Å². The highest BCUT2D eigenvalue weighted by Gasteiger charge is 2.11. The van der Waals surface area contributed by atoms with Crippen LogP contribution in [0.1, 0.15) is 16.1 Å². The molecule has 4 rings (SSSR count). The van der Waals surface area contributed by atoms with Crippen molar-refractivity contribution in [2.75, 3.05) is 0 Å². The van der Waals surface area contributed by atoms with E-state index in [9.17, 15) is 4.79 Å². The molecule has 3 aromatic heterocycles. The van der Waals surface area contributed by atoms with Crippen molar-refractivity contribution in [3.63, 3.8) is 0 Å². The number of aromatic nitrogens is 3. The van der Waals surface area contributed by atoms with Gasteiger partial charge < -0.3 is 13.7 Å². The van der Waals surface area contributed by atoms with E-state index < -0.39 is 5.97 Å². The zero-order chi connectivity index (χ0) is 16.4. The van der Waals surface area contributed by atoms with Gasteiger partial charge in [0.1, 0.15) is 12.3 Å². The van der Waals surface area contributed by atoms with Crippen molar-refractivity contribution in [3.8, 4) is 11.3 Å². The Morgan fingerprint density at radius 2 is 2.04 bits per heavy atom. The number of esters is 1. The summed E-state index contributed by atoms with van der Waals surface area (Å²) in [5.41, 5.74) is 2.85. The molecule has 0 saturated carbocycles. The number of hydrogen-bond donors (Lipinski definition) is 0. The lowest BCUT2D eigenvalue weighted by atomic mass is 10.2. The number of ether oxygens (including phenoxy) is 1. The van der Waals surface area contributed by atoms with Gasteiger partial charge >= 0.3 is 5.97 Å². The van der Waals surface area contributed by atoms with Crippen LogP contribution in [-0.4, -0.2) is 20.5 Å². The number of fused-ring (bicyclic) bond motifs is 1. The van der Waals surface area contributed by atoms with Gasteiger partial charge in [-0.05, 0) is 12.1 Å². The van der Waals surface area contributed by atoms with Crippen molar-refractivity contribution in [1.82, 2.24) is 14.5 Å². The van der Waals surface area contributed by atoms with Gasteiger partial charge in [0, 0.05) is 17.8 Å². The van der Waals surface area contributed by atoms with Crippen LogP contribution in [0.5, 0.6) is 0 Å². The number of rotatable bonds is 4. The summed E-state index contributed by atoms with van der Waals surface area (Å²) in [7, 11) is 0. The second kappa shape index (κ2) is 6.00. The van der Waals surface area contributed by atoms with Gasteiger partial charge in [-0.15, -0.1) is 0 Å². The number of imidazole rings is 1. The molecule has 6 nitrogen and oxygen atoms in total. The molecule has 0 N–H and O–H groups in total. The molecule has 0 fully saturated rings. The van der Waals surface area contributed by atoms with Gasteiger partial charge in [0.2, 0.25) is 0 Å². The number of nitrogens with zero attached hydrogens (tertiary/aromatic N) is 3. The molecule has 0 aliphatic rings. The quantitative estimate of drug-likeness (QED) is 0.540. The monoisotopic (exact) mass is 319 g/mol. The molecular formula is C18H13N3O3. The van der Waals surface area contributed by atoms with E-state index in [0.29, 0.717) is 17.0 Å². The highest BCUT2D eigenvalue weighted by molar-refractivity contribution is 5.89. The number of carbonyl (C=O) groups is 1. The lowest BCUT2D eigenvalue weighted by molar-refractivity contribution is 0.0463. The third kappa shape index (κ3) is 2.77. The highest BCUT2D eigenvalue weighted by Crippen LogP contribution is 2.20. The number of pyridine rings is 1. The molecule has 1 aromatic carbocycles. The van der Waals surface area contributed by atoms with Crippen LogP contribution in [-0.2, 0) is 11.3 Å². The maximum Gasteiger partial charge on any atom is 0.340 e. The molecule has 3 heterocycles. The lowest BCUT2D eigenvalue weighted by Crippen LogP contribution is -2.06. The molecule has 0 unspecified atom stereocenters. The molecule has 4 aromatic rings. The van der Waals surface area contributed by atoms with Crippen LogP contribution in [0.15, 0.2) is 71.8 Å². The summed E-state index contributed by atoms with van der Waals surface area (Å²) in [5, 5.41) is 3.93. The Morgan fingerprint density at radius 3 is 2.92 bits per heavy atom. The molecule has 0 aliphatic heterocycles. The summed E-state index contributed by atoms with van der Waals surface area (Å²) in [6, 6.07) is 14.9. The van der Waals surface area contributed by atoms with Crippen LogP contribution < -0.4 is 0 Å². The summed E-state index contributed by atoms with van der Waals surface area (Å²) < 4.78 is 12.3. The topological polar surface area (TPSA) is 69.6 Å². The van der Waals surface area contributed by atoms with E-state index >= 15 is 0 Å². The molecule has 6 heteroatoms. The van der Waals surface area contributed by atoms with Crippen LogP contribution in [0.4, 0.5) is 0 Å². The molecule has 0 spiro atoms. The Kier molecular flexibility index (Phi) is 3.55. The fraction of sp³-hybridized carbons (Fsp3) is 0.0556. The van der Waals surface area contributed by atoms with Gasteiger partial charge in [0.05, 0.1) is 23.6 Å². The van der Waals surface area contributed by atoms with E-state index in [1.165, 1.54) is 0 Å². The van der Waals surface area contributed by atoms with Gasteiger partial charge in [-0.2, -0.15) is 0 Å². The maximum absolute atomic E-state index is 12.1. The number of carbonyl (C=O) groups excluding carboxylic acids is 1. The number of benzene rings is 1. The largest absolute Gasteiger partial charge is 0.455 e. The molecule has 0 radical (unpaired) electrons. The summed E-state index contributed by atoms with van der Waals surface area (Å²) in [5.74, 6) is 0.219. The fourth-order valence-electron chi connectivity index (χ4n) is 2.38. The molecule has 118 valence electrons. The highest BCUT2D eigenvalue weighted by atomic mass is 16.5. The van der Waals surface area contributed by atoms with Crippen LogP contribution in [0, 0.1) is 0 Å². The molecule has 24 heavy (non-hydrogen) atoms. The van der Waals surface area contributed by atoms with Crippen molar-refractivity contribution in [2.45, 2.75) is 6.61 Å². The summed E-state index contributed by atoms with van der Waals surface area (Å²) in [6.07, 6.45) is 5.04. The first-order valence-corrected chi connectivity index (χ1v) is 7.39. The normalized spacial score (nSPS) is 10.8. The minimum atomic E-state index is -0.421. The fourth-order valence-corrected chi connectivity index (χ4v) is 2.38. The maximum atomic E-state index is 12.1. The zero-order valence-electron chi connectivity index (χ0n) is 12.6. The van der Waals surface area contributed by atoms with Crippen LogP contribution >= 0.6 is 0 Å². The van der Waals surface area contributed by atoms with Gasteiger partial charge in [-0.3, -0.25) is 0 Å². The van der Waals surface area contributed by atoms with E-state index in [-0.39, 0.29) is 6.61 Å². The number of hydrogen-bond acceptors (Lipinski definition) is 5. The van der Waals surface area contributed by atoms with E-state index in [4.69, 9.17) is 9.26 Å². The first-order valence-electron chi connectivity index (χ1n) is 7.39. The lowest BCUT2D eigenvalue weighted by Gasteiger charge is -2.03. The third-order valence-electron chi connectivity index (χ3n) is 3.61. The Bertz CT molecular complexity index is 989. The molecular weight excluding hydrogens is 306 g/mol. The summed E-state index contributed by atoms with van der Waals surface area (Å²) in [6.45, 7) is 0.0527. The Labute approximate surface area is 137 Å². The third-order valence-corrected chi connectivity index (χ3v) is 3.61. The minimum absolute atomic E-state index is 0.0527. The van der Waals surface area contributed by atoms with Crippen molar-refractivity contribution >= 4 is 11.5 Å². The van der Waals surface area contributed by atoms with Crippen molar-refractivity contribution in [3.05, 3.63) is 78.5 Å². The van der Waals surface area contributed by atoms with Gasteiger partial charge in [-0.1, -0.05) is 35.5 Å². The Hall–Kier alpha value is -3.41. The predicted molar refractivity (Wildman–Crippen MR) is 86.3 cm³/mol. The molecule has 0 aliphatic carbocycles. The van der Waals surface area contributed by atoms with Gasteiger partial charge in [0.15, 0.2) is 5.76 Å². The summed E-state index contributed by atoms with van der Waals surface area (Å²) in [4.78, 5) is 16.2. The van der Waals surface area contributed by atoms with Crippen molar-refractivity contribution in [1.29, 1.82) is 0 Å². The first kappa shape index (κ1) is 14.2. The first-order chi connectivity index (χ1) is 11.8. The molecule has 0 bridgehead atoms. The molecule has 0 atom stereocenters. The minimum Gasteiger partial charge on any atom is -0.455 e. The molecule has 0 saturated heterocycles. The van der Waals surface area contributed by atoms with Gasteiger partial charge in [0.25, 0.3) is 0 Å². The standard InChI is InChI=1S/C18H13N3O3/c22-18(14-6-7-16-9-19-12-21(16)10-14)23-11-15-8-17(24-20-15)13-4-2-1-3-5-13/h1-10,12H,11H2. The van der Waals surface area contributed by atoms with Crippen LogP contribution in [0.25, 0.3) is 16.8 Å². The average Bonchev–Trinajstić information content (AvgIpc) is 3.29. The summed E-state index contributed by atoms with van der Waals surface area (Å²) >= 11 is 0. The Morgan fingerprint density at radius 1 is 1.17 bits per heavy atom. The smallest absolute Gasteiger partial charge is 0.340 e.